The van der Waals surface area contributed by atoms with Crippen LogP contribution in [0.15, 0.2) is 23.1 Å². The molecule has 1 amide bonds. The highest BCUT2D eigenvalue weighted by atomic mass is 32.2. The number of halogens is 3. The van der Waals surface area contributed by atoms with Crippen molar-refractivity contribution >= 4 is 15.9 Å². The molecule has 0 fully saturated rings. The van der Waals surface area contributed by atoms with Crippen molar-refractivity contribution in [2.75, 3.05) is 33.4 Å². The molecule has 1 heterocycles. The number of benzene rings is 1. The molecule has 7 nitrogen and oxygen atoms in total. The van der Waals surface area contributed by atoms with Crippen LogP contribution in [0.5, 0.6) is 11.5 Å². The predicted molar refractivity (Wildman–Crippen MR) is 76.3 cm³/mol. The van der Waals surface area contributed by atoms with Crippen molar-refractivity contribution in [1.82, 2.24) is 9.62 Å². The normalized spacial score (nSPS) is 14.5. The molecule has 1 aliphatic rings. The number of sulfonamides is 1. The topological polar surface area (TPSA) is 84.9 Å². The molecule has 1 aromatic carbocycles. The molecule has 24 heavy (non-hydrogen) atoms. The Morgan fingerprint density at radius 2 is 1.88 bits per heavy atom. The van der Waals surface area contributed by atoms with Crippen LogP contribution in [-0.2, 0) is 14.8 Å². The Hall–Kier alpha value is -2.01. The summed E-state index contributed by atoms with van der Waals surface area (Å²) in [5, 5.41) is 1.61. The van der Waals surface area contributed by atoms with Crippen LogP contribution in [0.1, 0.15) is 0 Å². The van der Waals surface area contributed by atoms with Crippen molar-refractivity contribution in [3.05, 3.63) is 18.2 Å². The molecule has 0 spiro atoms. The largest absolute Gasteiger partial charge is 0.486 e. The van der Waals surface area contributed by atoms with E-state index < -0.39 is 35.2 Å². The Balaban J connectivity index is 2.07. The third-order valence-electron chi connectivity index (χ3n) is 3.07. The van der Waals surface area contributed by atoms with E-state index in [-0.39, 0.29) is 17.3 Å². The smallest absolute Gasteiger partial charge is 0.405 e. The second-order valence-corrected chi connectivity index (χ2v) is 7.00. The number of carbonyl (C=O) groups excluding carboxylic acids is 1. The van der Waals surface area contributed by atoms with Crippen LogP contribution in [0.2, 0.25) is 0 Å². The number of fused-ring (bicyclic) bond motifs is 1. The third kappa shape index (κ3) is 4.51. The van der Waals surface area contributed by atoms with Gasteiger partial charge in [-0.25, -0.2) is 8.42 Å². The van der Waals surface area contributed by atoms with E-state index in [9.17, 15) is 26.4 Å². The van der Waals surface area contributed by atoms with E-state index in [1.807, 2.05) is 0 Å². The van der Waals surface area contributed by atoms with Crippen LogP contribution in [-0.4, -0.2) is 58.2 Å². The Labute approximate surface area is 136 Å². The Bertz CT molecular complexity index is 721. The molecule has 0 aromatic heterocycles. The van der Waals surface area contributed by atoms with Crippen molar-refractivity contribution in [2.45, 2.75) is 11.1 Å². The van der Waals surface area contributed by atoms with E-state index in [0.717, 1.165) is 7.05 Å². The van der Waals surface area contributed by atoms with E-state index in [0.29, 0.717) is 16.7 Å². The summed E-state index contributed by atoms with van der Waals surface area (Å²) >= 11 is 0. The molecule has 11 heteroatoms. The number of hydrogen-bond donors (Lipinski definition) is 1. The van der Waals surface area contributed by atoms with Crippen molar-refractivity contribution < 1.29 is 35.9 Å². The van der Waals surface area contributed by atoms with Crippen molar-refractivity contribution in [3.63, 3.8) is 0 Å². The first-order chi connectivity index (χ1) is 11.1. The maximum atomic E-state index is 12.4. The molecule has 0 aliphatic carbocycles. The highest BCUT2D eigenvalue weighted by Crippen LogP contribution is 2.32. The van der Waals surface area contributed by atoms with Gasteiger partial charge in [-0.05, 0) is 12.1 Å². The summed E-state index contributed by atoms with van der Waals surface area (Å²) in [6.45, 7) is -1.65. The SMILES string of the molecule is CN(CC(=O)NCC(F)(F)F)S(=O)(=O)c1ccc2c(c1)OCCO2. The Morgan fingerprint density at radius 1 is 1.25 bits per heavy atom. The lowest BCUT2D eigenvalue weighted by Gasteiger charge is -2.21. The summed E-state index contributed by atoms with van der Waals surface area (Å²) in [7, 11) is -2.97. The van der Waals surface area contributed by atoms with E-state index >= 15 is 0 Å². The molecule has 0 atom stereocenters. The zero-order valence-corrected chi connectivity index (χ0v) is 13.4. The summed E-state index contributed by atoms with van der Waals surface area (Å²) in [4.78, 5) is 11.3. The van der Waals surface area contributed by atoms with Crippen LogP contribution in [0.25, 0.3) is 0 Å². The zero-order valence-electron chi connectivity index (χ0n) is 12.6. The summed E-state index contributed by atoms with van der Waals surface area (Å²) in [6, 6.07) is 3.93. The number of rotatable bonds is 5. The van der Waals surface area contributed by atoms with Gasteiger partial charge in [0.25, 0.3) is 0 Å². The van der Waals surface area contributed by atoms with Gasteiger partial charge >= 0.3 is 6.18 Å². The number of nitrogens with zero attached hydrogens (tertiary/aromatic N) is 1. The van der Waals surface area contributed by atoms with Crippen molar-refractivity contribution in [2.24, 2.45) is 0 Å². The first-order valence-corrected chi connectivity index (χ1v) is 8.23. The molecular formula is C13H15F3N2O5S. The van der Waals surface area contributed by atoms with Gasteiger partial charge in [-0.1, -0.05) is 0 Å². The van der Waals surface area contributed by atoms with Crippen molar-refractivity contribution in [1.29, 1.82) is 0 Å². The van der Waals surface area contributed by atoms with E-state index in [2.05, 4.69) is 0 Å². The molecule has 0 radical (unpaired) electrons. The van der Waals surface area contributed by atoms with Crippen LogP contribution in [0.4, 0.5) is 13.2 Å². The number of nitrogens with one attached hydrogen (secondary N) is 1. The first-order valence-electron chi connectivity index (χ1n) is 6.79. The van der Waals surface area contributed by atoms with Gasteiger partial charge in [0.2, 0.25) is 15.9 Å². The minimum Gasteiger partial charge on any atom is -0.486 e. The number of alkyl halides is 3. The maximum absolute atomic E-state index is 12.4. The summed E-state index contributed by atoms with van der Waals surface area (Å²) in [5.74, 6) is -0.418. The molecule has 0 saturated carbocycles. The monoisotopic (exact) mass is 368 g/mol. The average Bonchev–Trinajstić information content (AvgIpc) is 2.51. The minimum absolute atomic E-state index is 0.155. The van der Waals surface area contributed by atoms with Crippen molar-refractivity contribution in [3.8, 4) is 11.5 Å². The molecule has 0 bridgehead atoms. The fraction of sp³-hybridized carbons (Fsp3) is 0.462. The van der Waals surface area contributed by atoms with Gasteiger partial charge in [-0.2, -0.15) is 17.5 Å². The second-order valence-electron chi connectivity index (χ2n) is 4.96. The number of carbonyl (C=O) groups is 1. The molecule has 134 valence electrons. The highest BCUT2D eigenvalue weighted by molar-refractivity contribution is 7.89. The fourth-order valence-corrected chi connectivity index (χ4v) is 3.05. The highest BCUT2D eigenvalue weighted by Gasteiger charge is 2.29. The van der Waals surface area contributed by atoms with E-state index in [1.54, 1.807) is 5.32 Å². The number of hydrogen-bond acceptors (Lipinski definition) is 5. The summed E-state index contributed by atoms with van der Waals surface area (Å²) in [6.07, 6.45) is -4.57. The van der Waals surface area contributed by atoms with Crippen LogP contribution in [0, 0.1) is 0 Å². The van der Waals surface area contributed by atoms with Gasteiger partial charge in [-0.3, -0.25) is 4.79 Å². The summed E-state index contributed by atoms with van der Waals surface area (Å²) < 4.78 is 72.1. The van der Waals surface area contributed by atoms with E-state index in [4.69, 9.17) is 9.47 Å². The van der Waals surface area contributed by atoms with Gasteiger partial charge in [-0.15, -0.1) is 0 Å². The molecule has 2 rings (SSSR count). The quantitative estimate of drug-likeness (QED) is 0.829. The van der Waals surface area contributed by atoms with Gasteiger partial charge in [0.1, 0.15) is 19.8 Å². The van der Waals surface area contributed by atoms with Crippen LogP contribution in [0.3, 0.4) is 0 Å². The van der Waals surface area contributed by atoms with Gasteiger partial charge < -0.3 is 14.8 Å². The lowest BCUT2D eigenvalue weighted by molar-refractivity contribution is -0.138. The predicted octanol–water partition coefficient (Wildman–Crippen LogP) is 0.757. The Kier molecular flexibility index (Phi) is 5.23. The zero-order chi connectivity index (χ0) is 18.0. The molecular weight excluding hydrogens is 353 g/mol. The third-order valence-corrected chi connectivity index (χ3v) is 4.87. The van der Waals surface area contributed by atoms with Gasteiger partial charge in [0.15, 0.2) is 11.5 Å². The lowest BCUT2D eigenvalue weighted by atomic mass is 10.3. The second kappa shape index (κ2) is 6.85. The Morgan fingerprint density at radius 3 is 2.50 bits per heavy atom. The number of likely N-dealkylation sites (N-methyl/N-ethyl adjacent to an activating group) is 1. The lowest BCUT2D eigenvalue weighted by Crippen LogP contribution is -2.41. The molecule has 0 unspecified atom stereocenters. The standard InChI is InChI=1S/C13H15F3N2O5S/c1-18(7-12(19)17-8-13(14,15)16)24(20,21)9-2-3-10-11(6-9)23-5-4-22-10/h2-3,6H,4-5,7-8H2,1H3,(H,17,19). The van der Waals surface area contributed by atoms with Crippen LogP contribution >= 0.6 is 0 Å². The fourth-order valence-electron chi connectivity index (χ4n) is 1.91. The minimum atomic E-state index is -4.57. The molecule has 1 aliphatic heterocycles. The molecule has 1 aromatic rings. The average molecular weight is 368 g/mol. The number of amides is 1. The molecule has 1 N–H and O–H groups in total. The van der Waals surface area contributed by atoms with Crippen LogP contribution < -0.4 is 14.8 Å². The number of ether oxygens (including phenoxy) is 2. The van der Waals surface area contributed by atoms with Gasteiger partial charge in [0, 0.05) is 13.1 Å². The van der Waals surface area contributed by atoms with E-state index in [1.165, 1.54) is 18.2 Å². The maximum Gasteiger partial charge on any atom is 0.405 e. The first kappa shape index (κ1) is 18.3. The van der Waals surface area contributed by atoms with Gasteiger partial charge in [0.05, 0.1) is 11.4 Å². The summed E-state index contributed by atoms with van der Waals surface area (Å²) in [5.41, 5.74) is 0. The molecule has 0 saturated heterocycles.